The summed E-state index contributed by atoms with van der Waals surface area (Å²) in [6.45, 7) is 4.01. The Bertz CT molecular complexity index is 724. The summed E-state index contributed by atoms with van der Waals surface area (Å²) in [5.74, 6) is 1.20. The molecule has 0 aromatic heterocycles. The van der Waals surface area contributed by atoms with Gasteiger partial charge in [0.1, 0.15) is 0 Å². The molecule has 1 aromatic rings. The van der Waals surface area contributed by atoms with E-state index >= 15 is 0 Å². The minimum Gasteiger partial charge on any atom is -0.383 e. The smallest absolute Gasteiger partial charge is 0.253 e. The summed E-state index contributed by atoms with van der Waals surface area (Å²) in [6, 6.07) is 6.27. The van der Waals surface area contributed by atoms with E-state index in [1.165, 1.54) is 19.2 Å². The van der Waals surface area contributed by atoms with Crippen LogP contribution < -0.4 is 10.0 Å². The number of nitrogens with zero attached hydrogens (tertiary/aromatic N) is 1. The number of carbonyl (C=O) groups excluding carboxylic acids is 1. The number of likely N-dealkylation sites (tertiary alicyclic amines) is 1. The molecular weight excluding hydrogens is 354 g/mol. The molecule has 0 bridgehead atoms. The van der Waals surface area contributed by atoms with Gasteiger partial charge in [0.2, 0.25) is 10.0 Å². The Morgan fingerprint density at radius 3 is 2.62 bits per heavy atom. The van der Waals surface area contributed by atoms with E-state index in [-0.39, 0.29) is 17.3 Å². The summed E-state index contributed by atoms with van der Waals surface area (Å²) in [6.07, 6.45) is 2.00. The average molecular weight is 381 g/mol. The van der Waals surface area contributed by atoms with Crippen LogP contribution in [-0.2, 0) is 14.8 Å². The Morgan fingerprint density at radius 1 is 1.27 bits per heavy atom. The Labute approximate surface area is 155 Å². The van der Waals surface area contributed by atoms with Gasteiger partial charge in [-0.05, 0) is 56.0 Å². The van der Waals surface area contributed by atoms with Crippen molar-refractivity contribution in [2.75, 3.05) is 46.4 Å². The van der Waals surface area contributed by atoms with Crippen molar-refractivity contribution in [1.82, 2.24) is 14.9 Å². The van der Waals surface area contributed by atoms with Crippen LogP contribution in [0.2, 0.25) is 0 Å². The van der Waals surface area contributed by atoms with Gasteiger partial charge in [-0.2, -0.15) is 0 Å². The Kier molecular flexibility index (Phi) is 6.29. The topological polar surface area (TPSA) is 87.7 Å². The maximum absolute atomic E-state index is 12.9. The van der Waals surface area contributed by atoms with Gasteiger partial charge >= 0.3 is 0 Å². The van der Waals surface area contributed by atoms with Crippen molar-refractivity contribution in [3.05, 3.63) is 29.8 Å². The van der Waals surface area contributed by atoms with Crippen molar-refractivity contribution >= 4 is 15.9 Å². The van der Waals surface area contributed by atoms with Crippen molar-refractivity contribution < 1.29 is 17.9 Å². The summed E-state index contributed by atoms with van der Waals surface area (Å²) in [4.78, 5) is 14.9. The molecule has 2 saturated heterocycles. The largest absolute Gasteiger partial charge is 0.383 e. The molecule has 2 atom stereocenters. The van der Waals surface area contributed by atoms with Crippen LogP contribution in [0.25, 0.3) is 0 Å². The number of carbonyl (C=O) groups is 1. The molecule has 2 N–H and O–H groups in total. The van der Waals surface area contributed by atoms with Gasteiger partial charge in [-0.25, -0.2) is 13.1 Å². The van der Waals surface area contributed by atoms with E-state index in [0.29, 0.717) is 24.0 Å². The lowest BCUT2D eigenvalue weighted by Crippen LogP contribution is -2.33. The molecule has 1 aromatic carbocycles. The van der Waals surface area contributed by atoms with Crippen molar-refractivity contribution in [2.45, 2.75) is 17.7 Å². The zero-order valence-electron chi connectivity index (χ0n) is 15.1. The lowest BCUT2D eigenvalue weighted by Gasteiger charge is -2.21. The molecule has 2 heterocycles. The van der Waals surface area contributed by atoms with Crippen LogP contribution >= 0.6 is 0 Å². The summed E-state index contributed by atoms with van der Waals surface area (Å²) in [5, 5.41) is 3.43. The van der Waals surface area contributed by atoms with E-state index in [9.17, 15) is 13.2 Å². The van der Waals surface area contributed by atoms with Gasteiger partial charge in [0.25, 0.3) is 5.91 Å². The highest BCUT2D eigenvalue weighted by Gasteiger charge is 2.31. The number of fused-ring (bicyclic) bond motifs is 1. The first kappa shape index (κ1) is 19.3. The monoisotopic (exact) mass is 381 g/mol. The van der Waals surface area contributed by atoms with E-state index in [1.54, 1.807) is 12.1 Å². The first-order chi connectivity index (χ1) is 12.5. The normalized spacial score (nSPS) is 23.5. The molecule has 0 saturated carbocycles. The first-order valence-corrected chi connectivity index (χ1v) is 10.6. The van der Waals surface area contributed by atoms with Crippen LogP contribution in [-0.4, -0.2) is 65.7 Å². The number of hydrogen-bond donors (Lipinski definition) is 2. The van der Waals surface area contributed by atoms with Crippen molar-refractivity contribution in [2.24, 2.45) is 11.8 Å². The molecule has 0 radical (unpaired) electrons. The van der Waals surface area contributed by atoms with Crippen LogP contribution in [0, 0.1) is 11.8 Å². The third-order valence-electron chi connectivity index (χ3n) is 5.30. The lowest BCUT2D eigenvalue weighted by atomic mass is 9.92. The van der Waals surface area contributed by atoms with Gasteiger partial charge in [-0.15, -0.1) is 0 Å². The minimum atomic E-state index is -3.65. The van der Waals surface area contributed by atoms with Crippen LogP contribution in [0.5, 0.6) is 0 Å². The lowest BCUT2D eigenvalue weighted by molar-refractivity contribution is 0.0758. The molecule has 0 aliphatic carbocycles. The van der Waals surface area contributed by atoms with Crippen LogP contribution in [0.1, 0.15) is 23.2 Å². The van der Waals surface area contributed by atoms with Gasteiger partial charge in [0, 0.05) is 32.3 Å². The molecule has 0 unspecified atom stereocenters. The SMILES string of the molecule is COCCNS(=O)(=O)c1cccc(C(=O)N2CC[C@@H]3CNC[C@@H]3CC2)c1. The van der Waals surface area contributed by atoms with Gasteiger partial charge in [-0.1, -0.05) is 6.07 Å². The quantitative estimate of drug-likeness (QED) is 0.708. The average Bonchev–Trinajstić information content (AvgIpc) is 3.00. The molecule has 1 amide bonds. The second kappa shape index (κ2) is 8.47. The van der Waals surface area contributed by atoms with E-state index in [1.807, 2.05) is 4.90 Å². The van der Waals surface area contributed by atoms with Gasteiger partial charge in [-0.3, -0.25) is 4.79 Å². The zero-order chi connectivity index (χ0) is 18.6. The fourth-order valence-electron chi connectivity index (χ4n) is 3.76. The number of benzene rings is 1. The summed E-state index contributed by atoms with van der Waals surface area (Å²) < 4.78 is 32.0. The molecule has 2 fully saturated rings. The maximum Gasteiger partial charge on any atom is 0.253 e. The molecule has 2 aliphatic rings. The van der Waals surface area contributed by atoms with E-state index in [2.05, 4.69) is 10.0 Å². The van der Waals surface area contributed by atoms with E-state index in [4.69, 9.17) is 4.74 Å². The highest BCUT2D eigenvalue weighted by molar-refractivity contribution is 7.89. The highest BCUT2D eigenvalue weighted by Crippen LogP contribution is 2.27. The molecule has 7 nitrogen and oxygen atoms in total. The van der Waals surface area contributed by atoms with Crippen LogP contribution in [0.3, 0.4) is 0 Å². The van der Waals surface area contributed by atoms with Crippen molar-refractivity contribution in [3.63, 3.8) is 0 Å². The van der Waals surface area contributed by atoms with Gasteiger partial charge in [0.05, 0.1) is 11.5 Å². The third kappa shape index (κ3) is 4.43. The zero-order valence-corrected chi connectivity index (χ0v) is 15.9. The second-order valence-electron chi connectivity index (χ2n) is 6.97. The minimum absolute atomic E-state index is 0.0909. The van der Waals surface area contributed by atoms with E-state index in [0.717, 1.165) is 39.0 Å². The van der Waals surface area contributed by atoms with Crippen molar-refractivity contribution in [3.8, 4) is 0 Å². The molecule has 144 valence electrons. The Hall–Kier alpha value is -1.48. The Balaban J connectivity index is 1.70. The standard InChI is InChI=1S/C18H27N3O4S/c1-25-10-7-20-26(23,24)17-4-2-3-14(11-17)18(22)21-8-5-15-12-19-13-16(15)6-9-21/h2-4,11,15-16,19-20H,5-10,12-13H2,1H3/t15-,16+. The molecule has 2 aliphatic heterocycles. The number of nitrogens with one attached hydrogen (secondary N) is 2. The van der Waals surface area contributed by atoms with E-state index < -0.39 is 10.0 Å². The second-order valence-corrected chi connectivity index (χ2v) is 8.73. The molecule has 8 heteroatoms. The van der Waals surface area contributed by atoms with Crippen molar-refractivity contribution in [1.29, 1.82) is 0 Å². The van der Waals surface area contributed by atoms with Gasteiger partial charge in [0.15, 0.2) is 0 Å². The Morgan fingerprint density at radius 2 is 1.96 bits per heavy atom. The molecular formula is C18H27N3O4S. The third-order valence-corrected chi connectivity index (χ3v) is 6.75. The first-order valence-electron chi connectivity index (χ1n) is 9.10. The number of rotatable bonds is 6. The number of methoxy groups -OCH3 is 1. The molecule has 3 rings (SSSR count). The van der Waals surface area contributed by atoms with Crippen LogP contribution in [0.4, 0.5) is 0 Å². The summed E-state index contributed by atoms with van der Waals surface area (Å²) in [5.41, 5.74) is 0.421. The molecule has 26 heavy (non-hydrogen) atoms. The predicted molar refractivity (Wildman–Crippen MR) is 98.5 cm³/mol. The van der Waals surface area contributed by atoms with Gasteiger partial charge < -0.3 is 15.0 Å². The predicted octanol–water partition coefficient (Wildman–Crippen LogP) is 0.683. The number of sulfonamides is 1. The highest BCUT2D eigenvalue weighted by atomic mass is 32.2. The summed E-state index contributed by atoms with van der Waals surface area (Å²) >= 11 is 0. The number of ether oxygens (including phenoxy) is 1. The summed E-state index contributed by atoms with van der Waals surface area (Å²) in [7, 11) is -2.13. The van der Waals surface area contributed by atoms with Crippen LogP contribution in [0.15, 0.2) is 29.2 Å². The number of amides is 1. The fourth-order valence-corrected chi connectivity index (χ4v) is 4.82. The molecule has 0 spiro atoms. The number of hydrogen-bond acceptors (Lipinski definition) is 5. The fraction of sp³-hybridized carbons (Fsp3) is 0.611. The maximum atomic E-state index is 12.9.